The van der Waals surface area contributed by atoms with Crippen molar-refractivity contribution in [1.82, 2.24) is 9.97 Å². The third-order valence-electron chi connectivity index (χ3n) is 9.49. The Bertz CT molecular complexity index is 2390. The van der Waals surface area contributed by atoms with Gasteiger partial charge in [0.25, 0.3) is 0 Å². The summed E-state index contributed by atoms with van der Waals surface area (Å²) in [6.07, 6.45) is 0.848. The summed E-state index contributed by atoms with van der Waals surface area (Å²) in [5.74, 6) is 0.746. The Kier molecular flexibility index (Phi) is 7.25. The second kappa shape index (κ2) is 12.3. The molecule has 7 aromatic carbocycles. The highest BCUT2D eigenvalue weighted by Crippen LogP contribution is 2.41. The van der Waals surface area contributed by atoms with Crippen LogP contribution >= 0.6 is 0 Å². The highest BCUT2D eigenvalue weighted by Gasteiger charge is 2.25. The molecule has 0 saturated carbocycles. The zero-order valence-electron chi connectivity index (χ0n) is 26.9. The molecule has 0 aliphatic heterocycles. The maximum atomic E-state index is 5.23. The molecule has 230 valence electrons. The third kappa shape index (κ3) is 5.54. The Morgan fingerprint density at radius 1 is 0.306 bits per heavy atom. The van der Waals surface area contributed by atoms with Crippen LogP contribution < -0.4 is 0 Å². The first-order valence-electron chi connectivity index (χ1n) is 16.8. The van der Waals surface area contributed by atoms with Gasteiger partial charge in [-0.05, 0) is 80.4 Å². The van der Waals surface area contributed by atoms with Crippen molar-refractivity contribution in [2.45, 2.75) is 6.42 Å². The molecule has 0 radical (unpaired) electrons. The fraction of sp³-hybridized carbons (Fsp3) is 0.0213. The van der Waals surface area contributed by atoms with Crippen LogP contribution in [0.15, 0.2) is 182 Å². The van der Waals surface area contributed by atoms with Gasteiger partial charge in [-0.2, -0.15) is 0 Å². The van der Waals surface area contributed by atoms with Crippen LogP contribution in [0.1, 0.15) is 11.1 Å². The van der Waals surface area contributed by atoms with Crippen LogP contribution in [0.2, 0.25) is 0 Å². The second-order valence-corrected chi connectivity index (χ2v) is 12.6. The van der Waals surface area contributed by atoms with Gasteiger partial charge >= 0.3 is 0 Å². The number of aromatic nitrogens is 2. The first kappa shape index (κ1) is 28.8. The maximum Gasteiger partial charge on any atom is 0.160 e. The van der Waals surface area contributed by atoms with E-state index in [-0.39, 0.29) is 0 Å². The first-order valence-corrected chi connectivity index (χ1v) is 16.8. The summed E-state index contributed by atoms with van der Waals surface area (Å²) in [4.78, 5) is 10.5. The molecule has 0 atom stereocenters. The van der Waals surface area contributed by atoms with E-state index in [1.807, 2.05) is 0 Å². The van der Waals surface area contributed by atoms with E-state index in [0.717, 1.165) is 45.9 Å². The molecule has 1 heterocycles. The molecule has 49 heavy (non-hydrogen) atoms. The van der Waals surface area contributed by atoms with E-state index in [0.29, 0.717) is 0 Å². The first-order chi connectivity index (χ1) is 24.3. The summed E-state index contributed by atoms with van der Waals surface area (Å²) in [7, 11) is 0. The van der Waals surface area contributed by atoms with E-state index < -0.39 is 0 Å². The molecule has 2 heteroatoms. The van der Waals surface area contributed by atoms with Crippen molar-refractivity contribution in [2.75, 3.05) is 0 Å². The van der Waals surface area contributed by atoms with Crippen LogP contribution in [-0.4, -0.2) is 9.97 Å². The maximum absolute atomic E-state index is 5.23. The fourth-order valence-electron chi connectivity index (χ4n) is 7.04. The van der Waals surface area contributed by atoms with Crippen LogP contribution in [0.4, 0.5) is 0 Å². The van der Waals surface area contributed by atoms with Gasteiger partial charge in [0.2, 0.25) is 0 Å². The van der Waals surface area contributed by atoms with Gasteiger partial charge in [-0.25, -0.2) is 9.97 Å². The smallest absolute Gasteiger partial charge is 0.160 e. The topological polar surface area (TPSA) is 25.8 Å². The zero-order valence-corrected chi connectivity index (χ0v) is 26.9. The number of rotatable bonds is 6. The molecule has 2 nitrogen and oxygen atoms in total. The van der Waals surface area contributed by atoms with Crippen LogP contribution in [0.3, 0.4) is 0 Å². The van der Waals surface area contributed by atoms with Crippen LogP contribution in [0.25, 0.3) is 78.4 Å². The Morgan fingerprint density at radius 3 is 1.33 bits per heavy atom. The number of benzene rings is 7. The van der Waals surface area contributed by atoms with E-state index in [9.17, 15) is 0 Å². The van der Waals surface area contributed by atoms with Crippen LogP contribution in [0.5, 0.6) is 0 Å². The lowest BCUT2D eigenvalue weighted by Gasteiger charge is -2.13. The zero-order chi connectivity index (χ0) is 32.6. The molecule has 0 N–H and O–H groups in total. The van der Waals surface area contributed by atoms with Gasteiger partial charge in [0.15, 0.2) is 5.82 Å². The minimum Gasteiger partial charge on any atom is -0.228 e. The normalized spacial score (nSPS) is 11.6. The van der Waals surface area contributed by atoms with Gasteiger partial charge in [0.1, 0.15) is 0 Å². The van der Waals surface area contributed by atoms with Gasteiger partial charge in [0.05, 0.1) is 11.4 Å². The standard InChI is InChI=1S/C47H32N2/c1-4-14-32(15-5-1)40-28-41(33-16-6-2-7-17-33)30-42(29-40)37-23-12-21-35(26-37)36-22-13-24-39(27-36)47-48-45(34-18-8-3-9-19-34)44-31-38-20-10-11-25-43(38)46(44)49-47/h1-30H,31H2. The van der Waals surface area contributed by atoms with Gasteiger partial charge in [-0.3, -0.25) is 0 Å². The minimum absolute atomic E-state index is 0.746. The van der Waals surface area contributed by atoms with E-state index in [2.05, 4.69) is 182 Å². The highest BCUT2D eigenvalue weighted by atomic mass is 14.9. The lowest BCUT2D eigenvalue weighted by atomic mass is 9.92. The van der Waals surface area contributed by atoms with Crippen LogP contribution in [-0.2, 0) is 6.42 Å². The van der Waals surface area contributed by atoms with Gasteiger partial charge in [-0.1, -0.05) is 152 Å². The summed E-state index contributed by atoms with van der Waals surface area (Å²) in [6.45, 7) is 0. The van der Waals surface area contributed by atoms with Crippen molar-refractivity contribution >= 4 is 0 Å². The van der Waals surface area contributed by atoms with E-state index in [1.165, 1.54) is 50.1 Å². The summed E-state index contributed by atoms with van der Waals surface area (Å²) >= 11 is 0. The molecule has 0 bridgehead atoms. The Hall–Kier alpha value is -6.38. The SMILES string of the molecule is c1ccc(-c2cc(-c3ccccc3)cc(-c3cccc(-c4cccc(-c5nc(-c6ccccc6)c6c(n5)-c5ccccc5C6)c4)c3)c2)cc1. The molecule has 0 spiro atoms. The highest BCUT2D eigenvalue weighted by molar-refractivity contribution is 5.85. The lowest BCUT2D eigenvalue weighted by molar-refractivity contribution is 1.13. The summed E-state index contributed by atoms with van der Waals surface area (Å²) in [5.41, 5.74) is 17.3. The Morgan fingerprint density at radius 2 is 0.714 bits per heavy atom. The Balaban J connectivity index is 1.14. The quantitative estimate of drug-likeness (QED) is 0.184. The molecule has 1 aliphatic rings. The van der Waals surface area contributed by atoms with Crippen molar-refractivity contribution in [3.63, 3.8) is 0 Å². The summed E-state index contributed by atoms with van der Waals surface area (Å²) in [5, 5.41) is 0. The van der Waals surface area contributed by atoms with Gasteiger partial charge in [-0.15, -0.1) is 0 Å². The number of nitrogens with zero attached hydrogens (tertiary/aromatic N) is 2. The summed E-state index contributed by atoms with van der Waals surface area (Å²) < 4.78 is 0. The molecular weight excluding hydrogens is 593 g/mol. The molecular formula is C47H32N2. The molecule has 1 aromatic heterocycles. The predicted octanol–water partition coefficient (Wildman–Crippen LogP) is 12.0. The van der Waals surface area contributed by atoms with E-state index >= 15 is 0 Å². The second-order valence-electron chi connectivity index (χ2n) is 12.6. The molecule has 8 aromatic rings. The predicted molar refractivity (Wildman–Crippen MR) is 203 cm³/mol. The number of fused-ring (bicyclic) bond motifs is 3. The molecule has 1 aliphatic carbocycles. The third-order valence-corrected chi connectivity index (χ3v) is 9.49. The average Bonchev–Trinajstić information content (AvgIpc) is 3.57. The van der Waals surface area contributed by atoms with E-state index in [1.54, 1.807) is 0 Å². The monoisotopic (exact) mass is 624 g/mol. The Labute approximate surface area is 287 Å². The lowest BCUT2D eigenvalue weighted by Crippen LogP contribution is -1.99. The number of hydrogen-bond acceptors (Lipinski definition) is 2. The molecule has 0 saturated heterocycles. The number of hydrogen-bond donors (Lipinski definition) is 0. The fourth-order valence-corrected chi connectivity index (χ4v) is 7.04. The van der Waals surface area contributed by atoms with Crippen molar-refractivity contribution in [3.05, 3.63) is 193 Å². The minimum atomic E-state index is 0.746. The molecule has 0 fully saturated rings. The van der Waals surface area contributed by atoms with Crippen molar-refractivity contribution in [3.8, 4) is 78.4 Å². The molecule has 0 amide bonds. The van der Waals surface area contributed by atoms with Gasteiger partial charge in [0, 0.05) is 28.7 Å². The van der Waals surface area contributed by atoms with Crippen molar-refractivity contribution in [1.29, 1.82) is 0 Å². The molecule has 9 rings (SSSR count). The van der Waals surface area contributed by atoms with E-state index in [4.69, 9.17) is 9.97 Å². The largest absolute Gasteiger partial charge is 0.228 e. The molecule has 0 unspecified atom stereocenters. The van der Waals surface area contributed by atoms with Crippen molar-refractivity contribution in [2.24, 2.45) is 0 Å². The van der Waals surface area contributed by atoms with Crippen molar-refractivity contribution < 1.29 is 0 Å². The van der Waals surface area contributed by atoms with Crippen LogP contribution in [0, 0.1) is 0 Å². The average molecular weight is 625 g/mol. The summed E-state index contributed by atoms with van der Waals surface area (Å²) in [6, 6.07) is 64.8. The van der Waals surface area contributed by atoms with Gasteiger partial charge < -0.3 is 0 Å².